The second-order valence-electron chi connectivity index (χ2n) is 25.4. The average molecular weight is 1230 g/mol. The highest BCUT2D eigenvalue weighted by molar-refractivity contribution is 7.27. The number of hydrogen-bond acceptors (Lipinski definition) is 6. The van der Waals surface area contributed by atoms with E-state index in [0.29, 0.717) is 22.5 Å². The van der Waals surface area contributed by atoms with Gasteiger partial charge >= 0.3 is 0 Å². The smallest absolute Gasteiger partial charge is 0.266 e. The van der Waals surface area contributed by atoms with Crippen LogP contribution in [0.5, 0.6) is 0 Å². The third kappa shape index (κ3) is 17.0. The standard InChI is InChI=1S/C78H104N2O2S4/c1-7-11-15-19-23-25-27-29-33-37-41-63-65-55-58(6)84-75(65)64(42-38-34-30-28-26-24-20-16-12-8-2)66-56-70(86-76(63)66)67-53-54-69(85-67)72-74-73(79(78(72)82)61-48-44-59(45-49-61)39-35-31-21-17-13-9-3)71(68-52-43-57(5)83-68)77(81)80(74)62-50-46-60(47-51-62)40-36-32-22-18-14-10-4/h43-56H,7-42H2,1-6H3. The molecule has 0 spiro atoms. The van der Waals surface area contributed by atoms with Crippen LogP contribution in [0.15, 0.2) is 96.3 Å². The predicted octanol–water partition coefficient (Wildman–Crippen LogP) is 25.5. The molecule has 6 heterocycles. The van der Waals surface area contributed by atoms with Crippen LogP contribution in [0.4, 0.5) is 11.4 Å². The summed E-state index contributed by atoms with van der Waals surface area (Å²) in [5, 5.41) is 2.95. The van der Waals surface area contributed by atoms with Crippen LogP contribution < -0.4 is 9.80 Å². The van der Waals surface area contributed by atoms with Crippen molar-refractivity contribution in [2.24, 2.45) is 0 Å². The normalized spacial score (nSPS) is 13.7. The van der Waals surface area contributed by atoms with Crippen LogP contribution >= 0.6 is 45.3 Å². The number of carbonyl (C=O) groups excluding carboxylic acids is 2. The fourth-order valence-corrected chi connectivity index (χ4v) is 17.9. The summed E-state index contributed by atoms with van der Waals surface area (Å²) >= 11 is 7.36. The Morgan fingerprint density at radius 3 is 1.07 bits per heavy atom. The van der Waals surface area contributed by atoms with Crippen LogP contribution in [0, 0.1) is 13.8 Å². The Bertz CT molecular complexity index is 3220. The number of amides is 2. The Kier molecular flexibility index (Phi) is 26.3. The molecule has 4 aromatic heterocycles. The molecule has 4 nitrogen and oxygen atoms in total. The highest BCUT2D eigenvalue weighted by Gasteiger charge is 2.50. The molecule has 2 aliphatic rings. The van der Waals surface area contributed by atoms with Gasteiger partial charge in [0.25, 0.3) is 11.8 Å². The Morgan fingerprint density at radius 1 is 0.314 bits per heavy atom. The first-order chi connectivity index (χ1) is 42.2. The number of carbonyl (C=O) groups is 2. The first-order valence-corrected chi connectivity index (χ1v) is 38.0. The van der Waals surface area contributed by atoms with Crippen LogP contribution in [0.2, 0.25) is 0 Å². The molecule has 8 heteroatoms. The van der Waals surface area contributed by atoms with Crippen molar-refractivity contribution < 1.29 is 9.59 Å². The second-order valence-corrected chi connectivity index (χ2v) is 30.1. The summed E-state index contributed by atoms with van der Waals surface area (Å²) in [4.78, 5) is 42.1. The lowest BCUT2D eigenvalue weighted by Gasteiger charge is -2.20. The Labute approximate surface area is 536 Å². The van der Waals surface area contributed by atoms with E-state index in [0.717, 1.165) is 64.5 Å². The number of aryl methyl sites for hydroxylation is 6. The van der Waals surface area contributed by atoms with Crippen molar-refractivity contribution in [3.63, 3.8) is 0 Å². The highest BCUT2D eigenvalue weighted by atomic mass is 32.1. The van der Waals surface area contributed by atoms with Gasteiger partial charge in [-0.2, -0.15) is 0 Å². The lowest BCUT2D eigenvalue weighted by Crippen LogP contribution is -2.27. The van der Waals surface area contributed by atoms with Crippen molar-refractivity contribution >= 4 is 99.9 Å². The summed E-state index contributed by atoms with van der Waals surface area (Å²) in [5.41, 5.74) is 9.92. The van der Waals surface area contributed by atoms with Gasteiger partial charge in [0.15, 0.2) is 0 Å². The number of nitrogens with zero attached hydrogens (tertiary/aromatic N) is 2. The molecule has 0 bridgehead atoms. The maximum Gasteiger partial charge on any atom is 0.266 e. The molecule has 2 amide bonds. The van der Waals surface area contributed by atoms with E-state index >= 15 is 9.59 Å². The van der Waals surface area contributed by atoms with E-state index in [4.69, 9.17) is 0 Å². The molecule has 0 saturated carbocycles. The summed E-state index contributed by atoms with van der Waals surface area (Å²) in [6.07, 6.45) is 46.2. The number of hydrogen-bond donors (Lipinski definition) is 0. The van der Waals surface area contributed by atoms with Crippen molar-refractivity contribution in [3.8, 4) is 9.75 Å². The van der Waals surface area contributed by atoms with E-state index in [-0.39, 0.29) is 11.8 Å². The lowest BCUT2D eigenvalue weighted by atomic mass is 9.94. The van der Waals surface area contributed by atoms with E-state index in [2.05, 4.69) is 126 Å². The number of rotatable bonds is 41. The third-order valence-corrected chi connectivity index (χ3v) is 23.1. The topological polar surface area (TPSA) is 40.6 Å². The summed E-state index contributed by atoms with van der Waals surface area (Å²) in [6, 6.07) is 31.1. The largest absolute Gasteiger partial charge is 0.274 e. The number of anilines is 2. The van der Waals surface area contributed by atoms with Crippen LogP contribution in [-0.2, 0) is 35.3 Å². The Balaban J connectivity index is 1.07. The lowest BCUT2D eigenvalue weighted by molar-refractivity contribution is -0.112. The fourth-order valence-electron chi connectivity index (χ4n) is 13.5. The molecule has 0 unspecified atom stereocenters. The van der Waals surface area contributed by atoms with E-state index < -0.39 is 0 Å². The van der Waals surface area contributed by atoms with Crippen molar-refractivity contribution in [3.05, 3.63) is 138 Å². The molecule has 0 aliphatic carbocycles. The quantitative estimate of drug-likeness (QED) is 0.0358. The van der Waals surface area contributed by atoms with Crippen molar-refractivity contribution in [2.45, 2.75) is 273 Å². The molecule has 0 radical (unpaired) electrons. The fraction of sp³-hybridized carbons (Fsp3) is 0.538. The molecule has 86 heavy (non-hydrogen) atoms. The van der Waals surface area contributed by atoms with Gasteiger partial charge in [-0.15, -0.1) is 45.3 Å². The summed E-state index contributed by atoms with van der Waals surface area (Å²) in [5.74, 6) is -0.142. The van der Waals surface area contributed by atoms with Gasteiger partial charge in [-0.05, 0) is 159 Å². The Morgan fingerprint density at radius 2 is 0.663 bits per heavy atom. The summed E-state index contributed by atoms with van der Waals surface area (Å²) < 4.78 is 2.98. The van der Waals surface area contributed by atoms with Gasteiger partial charge < -0.3 is 0 Å². The molecule has 9 rings (SSSR count). The van der Waals surface area contributed by atoms with Crippen LogP contribution in [0.25, 0.3) is 41.1 Å². The second kappa shape index (κ2) is 34.4. The number of fused-ring (bicyclic) bond motifs is 3. The van der Waals surface area contributed by atoms with Crippen molar-refractivity contribution in [2.75, 3.05) is 9.80 Å². The van der Waals surface area contributed by atoms with Gasteiger partial charge in [0.2, 0.25) is 0 Å². The number of unbranched alkanes of at least 4 members (excludes halogenated alkanes) is 28. The first kappa shape index (κ1) is 65.8. The monoisotopic (exact) mass is 1230 g/mol. The first-order valence-electron chi connectivity index (χ1n) is 34.7. The summed E-state index contributed by atoms with van der Waals surface area (Å²) in [6.45, 7) is 13.6. The van der Waals surface area contributed by atoms with Gasteiger partial charge in [0.05, 0.1) is 22.5 Å². The third-order valence-electron chi connectivity index (χ3n) is 18.4. The SMILES string of the molecule is CCCCCCCCCCCCc1c2cc(-c3ccc(C4=C5C(=C(c6ccc(C)s6)C(=O)N5c5ccc(CCCCCCCC)cc5)N(c5ccc(CCCCCCCC)cc5)C4=O)s3)sc2c(CCCCCCCCCCCC)c2cc(C)sc12. The molecule has 0 N–H and O–H groups in total. The maximum absolute atomic E-state index is 15.9. The van der Waals surface area contributed by atoms with Gasteiger partial charge in [-0.1, -0.05) is 232 Å². The zero-order valence-corrected chi connectivity index (χ0v) is 57.1. The van der Waals surface area contributed by atoms with Crippen LogP contribution in [0.3, 0.4) is 0 Å². The van der Waals surface area contributed by atoms with Gasteiger partial charge in [0.1, 0.15) is 0 Å². The van der Waals surface area contributed by atoms with Crippen LogP contribution in [-0.4, -0.2) is 11.8 Å². The molecule has 3 aromatic carbocycles. The van der Waals surface area contributed by atoms with Crippen LogP contribution in [0.1, 0.15) is 275 Å². The maximum atomic E-state index is 15.9. The molecule has 2 aliphatic heterocycles. The number of benzene rings is 3. The van der Waals surface area contributed by atoms with E-state index in [1.807, 2.05) is 32.5 Å². The molecular formula is C78H104N2O2S4. The molecule has 0 saturated heterocycles. The minimum atomic E-state index is -0.0726. The number of thiophene rings is 4. The van der Waals surface area contributed by atoms with Crippen molar-refractivity contribution in [1.29, 1.82) is 0 Å². The zero-order chi connectivity index (χ0) is 60.0. The predicted molar refractivity (Wildman–Crippen MR) is 381 cm³/mol. The highest BCUT2D eigenvalue weighted by Crippen LogP contribution is 2.53. The zero-order valence-electron chi connectivity index (χ0n) is 53.9. The van der Waals surface area contributed by atoms with Crippen molar-refractivity contribution in [1.82, 2.24) is 0 Å². The summed E-state index contributed by atoms with van der Waals surface area (Å²) in [7, 11) is 0. The van der Waals surface area contributed by atoms with Gasteiger partial charge in [-0.3, -0.25) is 19.4 Å². The molecule has 7 aromatic rings. The van der Waals surface area contributed by atoms with E-state index in [1.54, 1.807) is 33.8 Å². The Hall–Kier alpha value is -4.60. The molecule has 462 valence electrons. The molecule has 0 fully saturated rings. The molecular weight excluding hydrogens is 1130 g/mol. The molecule has 0 atom stereocenters. The van der Waals surface area contributed by atoms with E-state index in [1.165, 1.54) is 239 Å². The average Bonchev–Trinajstić information content (AvgIpc) is 1.58. The van der Waals surface area contributed by atoms with E-state index in [9.17, 15) is 0 Å². The minimum absolute atomic E-state index is 0.0699. The minimum Gasteiger partial charge on any atom is -0.274 e. The van der Waals surface area contributed by atoms with Gasteiger partial charge in [0, 0.05) is 50.0 Å². The van der Waals surface area contributed by atoms with Gasteiger partial charge in [-0.25, -0.2) is 0 Å².